The van der Waals surface area contributed by atoms with E-state index < -0.39 is 47.6 Å². The molecule has 11 N–H and O–H groups in total. The number of aliphatic imine (C=N–C) groups is 1. The van der Waals surface area contributed by atoms with E-state index in [1.54, 1.807) is 18.3 Å². The molecule has 3 aromatic carbocycles. The first-order chi connectivity index (χ1) is 23.5. The number of hydrogen-bond acceptors (Lipinski definition) is 6. The summed E-state index contributed by atoms with van der Waals surface area (Å²) in [6.07, 6.45) is 2.61. The molecule has 258 valence electrons. The number of H-pyrrole nitrogens is 1. The normalized spacial score (nSPS) is 12.8. The number of phenols is 1. The molecule has 0 unspecified atom stereocenters. The van der Waals surface area contributed by atoms with Crippen LogP contribution in [0.4, 0.5) is 4.39 Å². The number of aromatic hydroxyl groups is 1. The van der Waals surface area contributed by atoms with Crippen molar-refractivity contribution in [3.05, 3.63) is 102 Å². The van der Waals surface area contributed by atoms with Crippen molar-refractivity contribution < 1.29 is 28.7 Å². The zero-order valence-electron chi connectivity index (χ0n) is 26.8. The number of aryl methyl sites for hydroxylation is 1. The summed E-state index contributed by atoms with van der Waals surface area (Å²) in [7, 11) is 0. The number of para-hydroxylation sites is 1. The molecule has 0 spiro atoms. The number of guanidine groups is 1. The fraction of sp³-hybridized carbons (Fsp3) is 0.286. The minimum atomic E-state index is -1.16. The van der Waals surface area contributed by atoms with Gasteiger partial charge in [-0.1, -0.05) is 42.5 Å². The van der Waals surface area contributed by atoms with Gasteiger partial charge in [0.25, 0.3) is 0 Å². The van der Waals surface area contributed by atoms with Crippen LogP contribution in [0.15, 0.2) is 84.0 Å². The van der Waals surface area contributed by atoms with E-state index in [0.717, 1.165) is 22.0 Å². The third-order valence-corrected chi connectivity index (χ3v) is 7.92. The summed E-state index contributed by atoms with van der Waals surface area (Å²) >= 11 is 0. The number of hydrogen-bond donors (Lipinski definition) is 8. The van der Waals surface area contributed by atoms with Crippen molar-refractivity contribution in [2.24, 2.45) is 22.2 Å². The molecule has 1 heterocycles. The molecule has 0 aliphatic carbocycles. The fourth-order valence-electron chi connectivity index (χ4n) is 5.31. The lowest BCUT2D eigenvalue weighted by Gasteiger charge is -2.25. The summed E-state index contributed by atoms with van der Waals surface area (Å²) in [5, 5.41) is 18.5. The van der Waals surface area contributed by atoms with Gasteiger partial charge in [-0.2, -0.15) is 0 Å². The van der Waals surface area contributed by atoms with Crippen LogP contribution in [-0.2, 0) is 38.4 Å². The van der Waals surface area contributed by atoms with E-state index >= 15 is 0 Å². The van der Waals surface area contributed by atoms with E-state index in [2.05, 4.69) is 25.9 Å². The van der Waals surface area contributed by atoms with Crippen LogP contribution < -0.4 is 33.2 Å². The Morgan fingerprint density at radius 2 is 1.45 bits per heavy atom. The van der Waals surface area contributed by atoms with Crippen molar-refractivity contribution in [3.63, 3.8) is 0 Å². The standard InChI is InChI=1S/C35H41FN8O5/c36-24-12-7-22(8-13-24)18-30(42-31(46)16-11-21-9-14-25(45)15-10-21)34(49)43-28(6-3-17-40-35(38)39)33(48)44-29(32(37)47)19-23-20-41-27-5-2-1-4-26(23)27/h1-2,4-5,7-10,12-15,20,28-30,41,45H,3,6,11,16-19H2,(H2,37,47)(H,42,46)(H,43,49)(H,44,48)(H4,38,39,40)/t28-,29-,30-/m0/s1. The molecular weight excluding hydrogens is 631 g/mol. The molecule has 14 heteroatoms. The summed E-state index contributed by atoms with van der Waals surface area (Å²) in [6.45, 7) is 0.170. The Balaban J connectivity index is 1.50. The zero-order chi connectivity index (χ0) is 35.3. The van der Waals surface area contributed by atoms with Crippen molar-refractivity contribution in [3.8, 4) is 5.75 Å². The molecule has 0 saturated heterocycles. The quantitative estimate of drug-likeness (QED) is 0.0467. The number of aromatic nitrogens is 1. The Labute approximate surface area is 282 Å². The van der Waals surface area contributed by atoms with Crippen LogP contribution in [0, 0.1) is 5.82 Å². The average Bonchev–Trinajstić information content (AvgIpc) is 3.48. The molecule has 1 aromatic heterocycles. The highest BCUT2D eigenvalue weighted by molar-refractivity contribution is 5.94. The van der Waals surface area contributed by atoms with Crippen LogP contribution in [0.1, 0.15) is 36.0 Å². The van der Waals surface area contributed by atoms with Crippen molar-refractivity contribution in [2.75, 3.05) is 6.54 Å². The Morgan fingerprint density at radius 3 is 2.14 bits per heavy atom. The van der Waals surface area contributed by atoms with E-state index in [1.165, 1.54) is 36.4 Å². The highest BCUT2D eigenvalue weighted by Gasteiger charge is 2.29. The van der Waals surface area contributed by atoms with Gasteiger partial charge in [-0.05, 0) is 66.3 Å². The number of nitrogens with zero attached hydrogens (tertiary/aromatic N) is 1. The van der Waals surface area contributed by atoms with E-state index in [4.69, 9.17) is 17.2 Å². The summed E-state index contributed by atoms with van der Waals surface area (Å²) in [6, 6.07) is 16.0. The molecule has 0 aliphatic heterocycles. The van der Waals surface area contributed by atoms with E-state index in [1.807, 2.05) is 24.3 Å². The summed E-state index contributed by atoms with van der Waals surface area (Å²) < 4.78 is 13.6. The first-order valence-corrected chi connectivity index (χ1v) is 15.8. The van der Waals surface area contributed by atoms with E-state index in [-0.39, 0.29) is 43.9 Å². The number of carbonyl (C=O) groups is 4. The average molecular weight is 673 g/mol. The second-order valence-electron chi connectivity index (χ2n) is 11.7. The minimum Gasteiger partial charge on any atom is -0.508 e. The SMILES string of the molecule is NC(=O)[C@H](Cc1c[nH]c2ccccc12)NC(=O)[C@H](CCCN=C(N)N)NC(=O)[C@H](Cc1ccc(F)cc1)NC(=O)CCc1ccc(O)cc1. The number of aromatic amines is 1. The number of rotatable bonds is 17. The van der Waals surface area contributed by atoms with Gasteiger partial charge in [-0.3, -0.25) is 24.2 Å². The molecule has 0 saturated carbocycles. The monoisotopic (exact) mass is 672 g/mol. The van der Waals surface area contributed by atoms with Gasteiger partial charge < -0.3 is 43.2 Å². The number of carbonyl (C=O) groups excluding carboxylic acids is 4. The first-order valence-electron chi connectivity index (χ1n) is 15.8. The van der Waals surface area contributed by atoms with Gasteiger partial charge in [0.15, 0.2) is 5.96 Å². The highest BCUT2D eigenvalue weighted by atomic mass is 19.1. The van der Waals surface area contributed by atoms with Crippen LogP contribution >= 0.6 is 0 Å². The van der Waals surface area contributed by atoms with E-state index in [0.29, 0.717) is 18.4 Å². The van der Waals surface area contributed by atoms with Gasteiger partial charge >= 0.3 is 0 Å². The Bertz CT molecular complexity index is 1770. The topological polar surface area (TPSA) is 231 Å². The van der Waals surface area contributed by atoms with Crippen LogP contribution in [0.25, 0.3) is 10.9 Å². The second kappa shape index (κ2) is 17.3. The number of nitrogens with two attached hydrogens (primary N) is 3. The molecule has 0 bridgehead atoms. The number of phenolic OH excluding ortho intramolecular Hbond substituents is 1. The van der Waals surface area contributed by atoms with Crippen molar-refractivity contribution in [1.82, 2.24) is 20.9 Å². The van der Waals surface area contributed by atoms with Crippen LogP contribution in [-0.4, -0.2) is 64.3 Å². The Hall–Kier alpha value is -5.92. The van der Waals surface area contributed by atoms with Gasteiger partial charge in [0.05, 0.1) is 0 Å². The summed E-state index contributed by atoms with van der Waals surface area (Å²) in [5.41, 5.74) is 19.6. The van der Waals surface area contributed by atoms with Crippen LogP contribution in [0.3, 0.4) is 0 Å². The van der Waals surface area contributed by atoms with Gasteiger partial charge in [-0.25, -0.2) is 4.39 Å². The van der Waals surface area contributed by atoms with Gasteiger partial charge in [0.1, 0.15) is 29.7 Å². The lowest BCUT2D eigenvalue weighted by atomic mass is 10.0. The lowest BCUT2D eigenvalue weighted by Crippen LogP contribution is -2.57. The molecule has 0 aliphatic rings. The Kier molecular flexibility index (Phi) is 12.7. The molecule has 3 atom stereocenters. The zero-order valence-corrected chi connectivity index (χ0v) is 26.8. The summed E-state index contributed by atoms with van der Waals surface area (Å²) in [4.78, 5) is 60.0. The molecule has 0 fully saturated rings. The maximum Gasteiger partial charge on any atom is 0.243 e. The number of primary amides is 1. The predicted octanol–water partition coefficient (Wildman–Crippen LogP) is 1.42. The molecule has 0 radical (unpaired) electrons. The molecular formula is C35H41FN8O5. The maximum absolute atomic E-state index is 13.8. The lowest BCUT2D eigenvalue weighted by molar-refractivity contribution is -0.133. The number of amides is 4. The van der Waals surface area contributed by atoms with Crippen LogP contribution in [0.2, 0.25) is 0 Å². The highest BCUT2D eigenvalue weighted by Crippen LogP contribution is 2.19. The second-order valence-corrected chi connectivity index (χ2v) is 11.7. The third-order valence-electron chi connectivity index (χ3n) is 7.92. The van der Waals surface area contributed by atoms with Crippen LogP contribution in [0.5, 0.6) is 5.75 Å². The van der Waals surface area contributed by atoms with Gasteiger partial charge in [-0.15, -0.1) is 0 Å². The van der Waals surface area contributed by atoms with E-state index in [9.17, 15) is 28.7 Å². The Morgan fingerprint density at radius 1 is 0.796 bits per heavy atom. The molecule has 4 aromatic rings. The number of halogens is 1. The number of fused-ring (bicyclic) bond motifs is 1. The number of nitrogens with one attached hydrogen (secondary N) is 4. The predicted molar refractivity (Wildman–Crippen MR) is 183 cm³/mol. The molecule has 49 heavy (non-hydrogen) atoms. The molecule has 4 amide bonds. The minimum absolute atomic E-state index is 0.00385. The molecule has 13 nitrogen and oxygen atoms in total. The number of benzene rings is 3. The summed E-state index contributed by atoms with van der Waals surface area (Å²) in [5.74, 6) is -3.03. The fourth-order valence-corrected chi connectivity index (χ4v) is 5.31. The van der Waals surface area contributed by atoms with Crippen molar-refractivity contribution >= 4 is 40.5 Å². The van der Waals surface area contributed by atoms with Crippen molar-refractivity contribution in [2.45, 2.75) is 56.7 Å². The largest absolute Gasteiger partial charge is 0.508 e. The first kappa shape index (κ1) is 35.9. The third kappa shape index (κ3) is 11.1. The van der Waals surface area contributed by atoms with Gasteiger partial charge in [0.2, 0.25) is 23.6 Å². The van der Waals surface area contributed by atoms with Gasteiger partial charge in [0, 0.05) is 42.9 Å². The molecule has 4 rings (SSSR count). The smallest absolute Gasteiger partial charge is 0.243 e. The maximum atomic E-state index is 13.8. The van der Waals surface area contributed by atoms with Crippen molar-refractivity contribution in [1.29, 1.82) is 0 Å².